The van der Waals surface area contributed by atoms with Crippen LogP contribution in [0.2, 0.25) is 0 Å². The Kier molecular flexibility index (Phi) is 41.7. The van der Waals surface area contributed by atoms with Gasteiger partial charge in [0.15, 0.2) is 0 Å². The number of hydrogen-bond acceptors (Lipinski definition) is 3. The number of carbonyl (C=O) groups excluding carboxylic acids is 2. The van der Waals surface area contributed by atoms with Crippen LogP contribution in [0.15, 0.2) is 0 Å². The summed E-state index contributed by atoms with van der Waals surface area (Å²) in [4.78, 5) is 24.3. The Morgan fingerprint density at radius 1 is 0.380 bits per heavy atom. The van der Waals surface area contributed by atoms with E-state index in [1.807, 2.05) is 0 Å². The first kappa shape index (κ1) is 49.1. The Morgan fingerprint density at radius 2 is 0.640 bits per heavy atom. The maximum atomic E-state index is 12.2. The van der Waals surface area contributed by atoms with Crippen molar-refractivity contribution in [3.63, 3.8) is 0 Å². The average molecular weight is 706 g/mol. The molecule has 2 N–H and O–H groups in total. The molecule has 0 radical (unpaired) electrons. The number of unbranched alkanes of at least 4 members (excludes halogenated alkanes) is 33. The van der Waals surface area contributed by atoms with E-state index in [1.54, 1.807) is 0 Å². The number of nitrogens with one attached hydrogen (secondary N) is 1. The van der Waals surface area contributed by atoms with E-state index in [0.29, 0.717) is 18.7 Å². The number of carbonyl (C=O) groups is 2. The SMILES string of the molecule is CCCCCCCCCCCCCCCC[C@H](O)CNC(=O)CCCCCCCCCCCCCCCC(=O)CCCCCCCCCCC. The van der Waals surface area contributed by atoms with Crippen molar-refractivity contribution in [1.82, 2.24) is 5.32 Å². The molecule has 0 unspecified atom stereocenters. The lowest BCUT2D eigenvalue weighted by molar-refractivity contribution is -0.121. The van der Waals surface area contributed by atoms with E-state index in [-0.39, 0.29) is 5.91 Å². The first-order chi connectivity index (χ1) is 24.6. The van der Waals surface area contributed by atoms with E-state index in [9.17, 15) is 14.7 Å². The molecule has 0 aliphatic carbocycles. The number of Topliss-reactive ketones (excluding diaryl/α,β-unsaturated/α-hetero) is 1. The Bertz CT molecular complexity index is 680. The van der Waals surface area contributed by atoms with Gasteiger partial charge >= 0.3 is 0 Å². The Labute approximate surface area is 314 Å². The van der Waals surface area contributed by atoms with Gasteiger partial charge < -0.3 is 10.4 Å². The van der Waals surface area contributed by atoms with Crippen molar-refractivity contribution in [2.45, 2.75) is 277 Å². The normalized spacial score (nSPS) is 12.1. The molecule has 4 heteroatoms. The van der Waals surface area contributed by atoms with Crippen molar-refractivity contribution >= 4 is 11.7 Å². The average Bonchev–Trinajstić information content (AvgIpc) is 3.11. The van der Waals surface area contributed by atoms with Crippen LogP contribution >= 0.6 is 0 Å². The molecule has 4 nitrogen and oxygen atoms in total. The van der Waals surface area contributed by atoms with Crippen LogP contribution in [0.5, 0.6) is 0 Å². The minimum absolute atomic E-state index is 0.102. The fourth-order valence-corrected chi connectivity index (χ4v) is 7.31. The number of amides is 1. The molecule has 0 bridgehead atoms. The van der Waals surface area contributed by atoms with Crippen LogP contribution in [-0.2, 0) is 9.59 Å². The highest BCUT2D eigenvalue weighted by molar-refractivity contribution is 5.78. The molecule has 0 fully saturated rings. The Morgan fingerprint density at radius 3 is 0.960 bits per heavy atom. The van der Waals surface area contributed by atoms with Crippen LogP contribution in [0.4, 0.5) is 0 Å². The zero-order valence-electron chi connectivity index (χ0n) is 34.3. The van der Waals surface area contributed by atoms with Crippen molar-refractivity contribution in [3.05, 3.63) is 0 Å². The number of aliphatic hydroxyl groups is 1. The second-order valence-electron chi connectivity index (χ2n) is 16.1. The summed E-state index contributed by atoms with van der Waals surface area (Å²) in [5.41, 5.74) is 0. The van der Waals surface area contributed by atoms with Gasteiger partial charge in [-0.2, -0.15) is 0 Å². The van der Waals surface area contributed by atoms with E-state index in [2.05, 4.69) is 19.2 Å². The molecule has 298 valence electrons. The fourth-order valence-electron chi connectivity index (χ4n) is 7.31. The van der Waals surface area contributed by atoms with Gasteiger partial charge in [-0.05, 0) is 25.7 Å². The molecule has 0 heterocycles. The maximum absolute atomic E-state index is 12.2. The quantitative estimate of drug-likeness (QED) is 0.0621. The smallest absolute Gasteiger partial charge is 0.220 e. The minimum atomic E-state index is -0.397. The molecule has 0 aliphatic rings. The lowest BCUT2D eigenvalue weighted by atomic mass is 10.0. The van der Waals surface area contributed by atoms with Gasteiger partial charge in [-0.1, -0.05) is 226 Å². The largest absolute Gasteiger partial charge is 0.391 e. The molecule has 0 aromatic carbocycles. The number of ketones is 1. The highest BCUT2D eigenvalue weighted by Crippen LogP contribution is 2.16. The van der Waals surface area contributed by atoms with Crippen molar-refractivity contribution < 1.29 is 14.7 Å². The lowest BCUT2D eigenvalue weighted by Gasteiger charge is -2.12. The van der Waals surface area contributed by atoms with Gasteiger partial charge in [-0.25, -0.2) is 0 Å². The van der Waals surface area contributed by atoms with Crippen LogP contribution in [0.25, 0.3) is 0 Å². The zero-order chi connectivity index (χ0) is 36.4. The molecule has 0 aromatic heterocycles. The summed E-state index contributed by atoms with van der Waals surface area (Å²) in [5, 5.41) is 13.2. The van der Waals surface area contributed by atoms with Gasteiger partial charge in [0.2, 0.25) is 5.91 Å². The second-order valence-corrected chi connectivity index (χ2v) is 16.1. The molecule has 0 aliphatic heterocycles. The van der Waals surface area contributed by atoms with Gasteiger partial charge in [-0.3, -0.25) is 9.59 Å². The van der Waals surface area contributed by atoms with E-state index in [4.69, 9.17) is 0 Å². The van der Waals surface area contributed by atoms with Gasteiger partial charge in [0, 0.05) is 25.8 Å². The van der Waals surface area contributed by atoms with Crippen LogP contribution < -0.4 is 5.32 Å². The summed E-state index contributed by atoms with van der Waals surface area (Å²) >= 11 is 0. The summed E-state index contributed by atoms with van der Waals surface area (Å²) in [6.07, 6.45) is 49.6. The second kappa shape index (κ2) is 42.5. The first-order valence-corrected chi connectivity index (χ1v) is 23.1. The standard InChI is InChI=1S/C46H91NO3/c1-3-5-7-9-11-13-14-15-17-21-25-29-33-37-41-45(49)43-47-46(50)42-38-34-30-26-22-19-16-18-20-24-28-32-36-40-44(48)39-35-31-27-23-12-10-8-6-4-2/h45,49H,3-43H2,1-2H3,(H,47,50)/t45-/m0/s1. The molecular weight excluding hydrogens is 615 g/mol. The maximum Gasteiger partial charge on any atom is 0.220 e. The van der Waals surface area contributed by atoms with Gasteiger partial charge in [-0.15, -0.1) is 0 Å². The molecule has 50 heavy (non-hydrogen) atoms. The third kappa shape index (κ3) is 41.5. The fraction of sp³-hybridized carbons (Fsp3) is 0.957. The number of rotatable bonds is 43. The molecule has 0 saturated carbocycles. The van der Waals surface area contributed by atoms with Crippen LogP contribution in [-0.4, -0.2) is 29.4 Å². The van der Waals surface area contributed by atoms with Gasteiger partial charge in [0.1, 0.15) is 5.78 Å². The first-order valence-electron chi connectivity index (χ1n) is 23.1. The predicted octanol–water partition coefficient (Wildman–Crippen LogP) is 14.7. The van der Waals surface area contributed by atoms with E-state index in [1.165, 1.54) is 199 Å². The third-order valence-corrected chi connectivity index (χ3v) is 10.8. The van der Waals surface area contributed by atoms with Crippen molar-refractivity contribution in [2.24, 2.45) is 0 Å². The molecule has 0 spiro atoms. The van der Waals surface area contributed by atoms with E-state index >= 15 is 0 Å². The Hall–Kier alpha value is -0.900. The lowest BCUT2D eigenvalue weighted by Crippen LogP contribution is -2.31. The van der Waals surface area contributed by atoms with E-state index in [0.717, 1.165) is 51.4 Å². The highest BCUT2D eigenvalue weighted by Gasteiger charge is 2.07. The van der Waals surface area contributed by atoms with Crippen LogP contribution in [0.3, 0.4) is 0 Å². The minimum Gasteiger partial charge on any atom is -0.391 e. The molecule has 0 saturated heterocycles. The summed E-state index contributed by atoms with van der Waals surface area (Å²) in [6.45, 7) is 4.96. The number of aliphatic hydroxyl groups excluding tert-OH is 1. The zero-order valence-corrected chi connectivity index (χ0v) is 34.3. The molecular formula is C46H91NO3. The molecule has 1 atom stereocenters. The van der Waals surface area contributed by atoms with E-state index < -0.39 is 6.10 Å². The molecule has 0 aromatic rings. The van der Waals surface area contributed by atoms with Crippen molar-refractivity contribution in [2.75, 3.05) is 6.54 Å². The highest BCUT2D eigenvalue weighted by atomic mass is 16.3. The van der Waals surface area contributed by atoms with Gasteiger partial charge in [0.05, 0.1) is 6.10 Å². The third-order valence-electron chi connectivity index (χ3n) is 10.8. The summed E-state index contributed by atoms with van der Waals surface area (Å²) in [6, 6.07) is 0. The van der Waals surface area contributed by atoms with Crippen LogP contribution in [0.1, 0.15) is 271 Å². The topological polar surface area (TPSA) is 66.4 Å². The number of hydrogen-bond donors (Lipinski definition) is 2. The Balaban J connectivity index is 3.29. The van der Waals surface area contributed by atoms with Crippen LogP contribution in [0, 0.1) is 0 Å². The van der Waals surface area contributed by atoms with Gasteiger partial charge in [0.25, 0.3) is 0 Å². The monoisotopic (exact) mass is 706 g/mol. The summed E-state index contributed by atoms with van der Waals surface area (Å²) in [7, 11) is 0. The van der Waals surface area contributed by atoms with Crippen molar-refractivity contribution in [1.29, 1.82) is 0 Å². The summed E-state index contributed by atoms with van der Waals surface area (Å²) in [5.74, 6) is 0.600. The summed E-state index contributed by atoms with van der Waals surface area (Å²) < 4.78 is 0. The molecule has 0 rings (SSSR count). The predicted molar refractivity (Wildman–Crippen MR) is 220 cm³/mol. The van der Waals surface area contributed by atoms with Crippen molar-refractivity contribution in [3.8, 4) is 0 Å². The molecule has 1 amide bonds.